The second-order valence-corrected chi connectivity index (χ2v) is 13.3. The Kier molecular flexibility index (Phi) is 8.01. The quantitative estimate of drug-likeness (QED) is 0.232. The van der Waals surface area contributed by atoms with Gasteiger partial charge in [-0.05, 0) is 37.1 Å². The van der Waals surface area contributed by atoms with E-state index in [-0.39, 0.29) is 89.1 Å². The highest BCUT2D eigenvalue weighted by Gasteiger charge is 2.49. The van der Waals surface area contributed by atoms with Gasteiger partial charge in [0.05, 0.1) is 46.6 Å². The molecule has 7 rings (SSSR count). The third kappa shape index (κ3) is 5.32. The number of benzene rings is 2. The number of hydrogen-bond acceptors (Lipinski definition) is 10. The molecule has 3 aliphatic rings. The Bertz CT molecular complexity index is 2030. The summed E-state index contributed by atoms with van der Waals surface area (Å²) >= 11 is 0.674. The summed E-state index contributed by atoms with van der Waals surface area (Å²) in [5.74, 6) is -2.28. The molecule has 4 aromatic rings. The molecule has 250 valence electrons. The molecule has 0 unspecified atom stereocenters. The van der Waals surface area contributed by atoms with Crippen LogP contribution in [0.3, 0.4) is 0 Å². The van der Waals surface area contributed by atoms with Crippen molar-refractivity contribution in [2.45, 2.75) is 49.7 Å². The second kappa shape index (κ2) is 11.9. The van der Waals surface area contributed by atoms with Crippen LogP contribution in [0, 0.1) is 34.3 Å². The molecule has 3 fully saturated rings. The topological polar surface area (TPSA) is 124 Å². The lowest BCUT2D eigenvalue weighted by Gasteiger charge is -2.34. The molecule has 0 amide bonds. The molecule has 0 aliphatic carbocycles. The van der Waals surface area contributed by atoms with Crippen LogP contribution in [0.2, 0.25) is 0 Å². The number of anilines is 2. The summed E-state index contributed by atoms with van der Waals surface area (Å²) in [6.07, 6.45) is -5.03. The smallest absolute Gasteiger partial charge is 0.417 e. The normalized spacial score (nSPS) is 23.0. The van der Waals surface area contributed by atoms with Crippen molar-refractivity contribution in [2.75, 3.05) is 50.0 Å². The standard InChI is InChI=1S/C32H27F6N7O2S/c33-16-11-31(5-1-7-45(31)13-16)15-47-30-42-26-19(29(43-30)44-8-9-46-17(14-44)4-6-39)10-21(32(36,37)38)24(25(26)35)18-2-3-22(34)27-23(18)20(12-40)28(41)48-27/h2-3,10,16-17H,1,4-5,7-9,11,13-15,41H2/t16-,17-,31+/m1/s1. The molecule has 3 saturated heterocycles. The minimum atomic E-state index is -5.11. The lowest BCUT2D eigenvalue weighted by Crippen LogP contribution is -2.44. The van der Waals surface area contributed by atoms with Crippen molar-refractivity contribution in [2.24, 2.45) is 0 Å². The van der Waals surface area contributed by atoms with Crippen molar-refractivity contribution in [1.82, 2.24) is 14.9 Å². The van der Waals surface area contributed by atoms with Crippen LogP contribution in [0.4, 0.5) is 37.2 Å². The average molecular weight is 688 g/mol. The van der Waals surface area contributed by atoms with Gasteiger partial charge in [0.15, 0.2) is 5.82 Å². The lowest BCUT2D eigenvalue weighted by molar-refractivity contribution is -0.137. The van der Waals surface area contributed by atoms with E-state index in [9.17, 15) is 32.5 Å². The highest BCUT2D eigenvalue weighted by Crippen LogP contribution is 2.48. The van der Waals surface area contributed by atoms with Gasteiger partial charge in [0.2, 0.25) is 0 Å². The number of aromatic nitrogens is 2. The average Bonchev–Trinajstić information content (AvgIpc) is 3.69. The molecule has 2 N–H and O–H groups in total. The van der Waals surface area contributed by atoms with Gasteiger partial charge in [0.25, 0.3) is 0 Å². The van der Waals surface area contributed by atoms with Crippen LogP contribution < -0.4 is 15.4 Å². The molecule has 16 heteroatoms. The number of nitriles is 2. The number of rotatable bonds is 6. The zero-order valence-corrected chi connectivity index (χ0v) is 26.0. The van der Waals surface area contributed by atoms with Crippen LogP contribution in [0.5, 0.6) is 6.01 Å². The molecular formula is C32H27F6N7O2S. The lowest BCUT2D eigenvalue weighted by atomic mass is 9.92. The SMILES string of the molecule is N#CC[C@@H]1CN(c2nc(OC[C@@]34CCCN3C[C@H](F)C4)nc3c(F)c(-c4ccc(F)c5sc(N)c(C#N)c45)c(C(F)(F)F)cc23)CCO1. The van der Waals surface area contributed by atoms with Crippen LogP contribution in [-0.4, -0.2) is 72.1 Å². The van der Waals surface area contributed by atoms with E-state index in [1.165, 1.54) is 0 Å². The molecule has 3 atom stereocenters. The predicted molar refractivity (Wildman–Crippen MR) is 165 cm³/mol. The minimum absolute atomic E-state index is 0.00347. The van der Waals surface area contributed by atoms with Gasteiger partial charge in [-0.15, -0.1) is 11.3 Å². The van der Waals surface area contributed by atoms with E-state index in [0.29, 0.717) is 24.3 Å². The Balaban J connectivity index is 1.45. The molecule has 48 heavy (non-hydrogen) atoms. The largest absolute Gasteiger partial charge is 0.461 e. The fraction of sp³-hybridized carbons (Fsp3) is 0.438. The molecule has 0 bridgehead atoms. The van der Waals surface area contributed by atoms with Crippen LogP contribution in [-0.2, 0) is 10.9 Å². The zero-order chi connectivity index (χ0) is 34.0. The van der Waals surface area contributed by atoms with Crippen molar-refractivity contribution in [3.8, 4) is 29.3 Å². The van der Waals surface area contributed by atoms with Crippen LogP contribution in [0.25, 0.3) is 32.1 Å². The number of nitrogens with zero attached hydrogens (tertiary/aromatic N) is 6. The third-order valence-electron chi connectivity index (χ3n) is 9.38. The highest BCUT2D eigenvalue weighted by atomic mass is 32.1. The summed E-state index contributed by atoms with van der Waals surface area (Å²) in [5.41, 5.74) is 1.82. The molecule has 0 saturated carbocycles. The number of hydrogen-bond donors (Lipinski definition) is 1. The first-order valence-electron chi connectivity index (χ1n) is 15.2. The van der Waals surface area contributed by atoms with E-state index in [0.717, 1.165) is 24.6 Å². The monoisotopic (exact) mass is 687 g/mol. The Hall–Kier alpha value is -4.38. The Morgan fingerprint density at radius 1 is 1.17 bits per heavy atom. The first kappa shape index (κ1) is 32.2. The van der Waals surface area contributed by atoms with Crippen LogP contribution >= 0.6 is 11.3 Å². The van der Waals surface area contributed by atoms with Gasteiger partial charge in [0.1, 0.15) is 41.0 Å². The Labute approximate surface area is 274 Å². The minimum Gasteiger partial charge on any atom is -0.461 e. The van der Waals surface area contributed by atoms with Crippen molar-refractivity contribution in [1.29, 1.82) is 10.5 Å². The number of nitrogens with two attached hydrogens (primary N) is 1. The first-order chi connectivity index (χ1) is 22.9. The van der Waals surface area contributed by atoms with Crippen LogP contribution in [0.1, 0.15) is 36.8 Å². The van der Waals surface area contributed by atoms with Crippen molar-refractivity contribution in [3.63, 3.8) is 0 Å². The summed E-state index contributed by atoms with van der Waals surface area (Å²) < 4.78 is 102. The van der Waals surface area contributed by atoms with E-state index in [2.05, 4.69) is 9.97 Å². The van der Waals surface area contributed by atoms with E-state index >= 15 is 4.39 Å². The predicted octanol–water partition coefficient (Wildman–Crippen LogP) is 6.34. The summed E-state index contributed by atoms with van der Waals surface area (Å²) in [5, 5.41) is 18.4. The van der Waals surface area contributed by atoms with Gasteiger partial charge in [-0.3, -0.25) is 4.90 Å². The Morgan fingerprint density at radius 2 is 1.98 bits per heavy atom. The zero-order valence-electron chi connectivity index (χ0n) is 25.2. The van der Waals surface area contributed by atoms with E-state index in [1.54, 1.807) is 4.90 Å². The van der Waals surface area contributed by atoms with Crippen LogP contribution in [0.15, 0.2) is 18.2 Å². The van der Waals surface area contributed by atoms with Gasteiger partial charge < -0.3 is 20.1 Å². The van der Waals surface area contributed by atoms with Gasteiger partial charge in [-0.25, -0.2) is 13.2 Å². The molecule has 2 aromatic carbocycles. The molecule has 5 heterocycles. The van der Waals surface area contributed by atoms with E-state index < -0.39 is 52.3 Å². The highest BCUT2D eigenvalue weighted by molar-refractivity contribution is 7.23. The maximum atomic E-state index is 17.0. The number of alkyl halides is 4. The van der Waals surface area contributed by atoms with E-state index in [1.807, 2.05) is 17.0 Å². The molecule has 0 spiro atoms. The number of nitrogen functional groups attached to an aromatic ring is 1. The molecule has 9 nitrogen and oxygen atoms in total. The van der Waals surface area contributed by atoms with Crippen molar-refractivity contribution < 1.29 is 35.8 Å². The molecule has 0 radical (unpaired) electrons. The maximum Gasteiger partial charge on any atom is 0.417 e. The summed E-state index contributed by atoms with van der Waals surface area (Å²) in [6.45, 7) is 1.28. The van der Waals surface area contributed by atoms with Gasteiger partial charge in [-0.2, -0.15) is 33.7 Å². The first-order valence-corrected chi connectivity index (χ1v) is 16.0. The van der Waals surface area contributed by atoms with Gasteiger partial charge >= 0.3 is 12.2 Å². The number of halogens is 6. The maximum absolute atomic E-state index is 17.0. The van der Waals surface area contributed by atoms with Gasteiger partial charge in [-0.1, -0.05) is 6.07 Å². The summed E-state index contributed by atoms with van der Waals surface area (Å²) in [7, 11) is 0. The fourth-order valence-corrected chi connectivity index (χ4v) is 8.23. The molecule has 2 aromatic heterocycles. The third-order valence-corrected chi connectivity index (χ3v) is 10.4. The van der Waals surface area contributed by atoms with Crippen molar-refractivity contribution in [3.05, 3.63) is 41.0 Å². The fourth-order valence-electron chi connectivity index (χ4n) is 7.28. The summed E-state index contributed by atoms with van der Waals surface area (Å²) in [4.78, 5) is 12.3. The second-order valence-electron chi connectivity index (χ2n) is 12.3. The number of thiophene rings is 1. The van der Waals surface area contributed by atoms with Crippen molar-refractivity contribution >= 4 is 43.1 Å². The van der Waals surface area contributed by atoms with E-state index in [4.69, 9.17) is 15.2 Å². The molecular weight excluding hydrogens is 660 g/mol. The number of morpholine rings is 1. The number of fused-ring (bicyclic) bond motifs is 3. The number of ether oxygens (including phenoxy) is 2. The molecule has 3 aliphatic heterocycles. The summed E-state index contributed by atoms with van der Waals surface area (Å²) in [6, 6.07) is 6.12. The Morgan fingerprint density at radius 3 is 2.73 bits per heavy atom. The van der Waals surface area contributed by atoms with Gasteiger partial charge in [0, 0.05) is 42.4 Å².